The van der Waals surface area contributed by atoms with E-state index in [1.165, 1.54) is 0 Å². The second-order valence-corrected chi connectivity index (χ2v) is 7.17. The highest BCUT2D eigenvalue weighted by atomic mass is 32.2. The van der Waals surface area contributed by atoms with E-state index in [2.05, 4.69) is 17.7 Å². The third-order valence-corrected chi connectivity index (χ3v) is 5.07. The second kappa shape index (κ2) is 8.16. The Morgan fingerprint density at radius 2 is 1.86 bits per heavy atom. The Kier molecular flexibility index (Phi) is 6.86. The van der Waals surface area contributed by atoms with Crippen LogP contribution in [0.15, 0.2) is 29.2 Å². The standard InChI is InChI=1S/C16H24N2O2S/c1-4-5-6-7-16(14(3)12-17)18-21(19,20)15-10-8-13(2)9-11-15/h8-11,14,16,18H,4-7H2,1-3H3/t14-,16-/m0/s1. The molecule has 0 saturated carbocycles. The van der Waals surface area contributed by atoms with E-state index in [1.54, 1.807) is 31.2 Å². The van der Waals surface area contributed by atoms with Crippen LogP contribution in [0.2, 0.25) is 0 Å². The second-order valence-electron chi connectivity index (χ2n) is 5.45. The minimum absolute atomic E-state index is 0.249. The van der Waals surface area contributed by atoms with E-state index in [4.69, 9.17) is 5.26 Å². The molecule has 21 heavy (non-hydrogen) atoms. The zero-order valence-corrected chi connectivity index (χ0v) is 13.8. The molecular formula is C16H24N2O2S. The topological polar surface area (TPSA) is 70.0 Å². The van der Waals surface area contributed by atoms with Gasteiger partial charge < -0.3 is 0 Å². The lowest BCUT2D eigenvalue weighted by Gasteiger charge is -2.20. The van der Waals surface area contributed by atoms with Crippen molar-refractivity contribution in [2.75, 3.05) is 0 Å². The Morgan fingerprint density at radius 1 is 1.24 bits per heavy atom. The minimum atomic E-state index is -3.57. The molecule has 1 aromatic carbocycles. The maximum Gasteiger partial charge on any atom is 0.240 e. The van der Waals surface area contributed by atoms with Gasteiger partial charge in [-0.25, -0.2) is 13.1 Å². The molecule has 0 aliphatic heterocycles. The van der Waals surface area contributed by atoms with Gasteiger partial charge in [0.25, 0.3) is 0 Å². The van der Waals surface area contributed by atoms with E-state index in [9.17, 15) is 8.42 Å². The molecule has 0 fully saturated rings. The number of unbranched alkanes of at least 4 members (excludes halogenated alkanes) is 2. The maximum absolute atomic E-state index is 12.4. The molecule has 1 rings (SSSR count). The van der Waals surface area contributed by atoms with Crippen LogP contribution in [-0.2, 0) is 10.0 Å². The molecule has 5 heteroatoms. The first-order valence-electron chi connectivity index (χ1n) is 7.39. The van der Waals surface area contributed by atoms with Crippen LogP contribution in [0.4, 0.5) is 0 Å². The van der Waals surface area contributed by atoms with Gasteiger partial charge in [0.1, 0.15) is 0 Å². The minimum Gasteiger partial charge on any atom is -0.207 e. The van der Waals surface area contributed by atoms with Gasteiger partial charge in [0.05, 0.1) is 16.9 Å². The molecule has 0 aromatic heterocycles. The van der Waals surface area contributed by atoms with Gasteiger partial charge in [0.2, 0.25) is 10.0 Å². The van der Waals surface area contributed by atoms with Crippen LogP contribution in [0, 0.1) is 24.2 Å². The van der Waals surface area contributed by atoms with E-state index < -0.39 is 10.0 Å². The van der Waals surface area contributed by atoms with E-state index in [0.29, 0.717) is 6.42 Å². The number of nitrogens with one attached hydrogen (secondary N) is 1. The van der Waals surface area contributed by atoms with Crippen LogP contribution >= 0.6 is 0 Å². The molecule has 2 atom stereocenters. The fourth-order valence-corrected chi connectivity index (χ4v) is 3.45. The quantitative estimate of drug-likeness (QED) is 0.748. The molecule has 0 aliphatic carbocycles. The lowest BCUT2D eigenvalue weighted by molar-refractivity contribution is 0.443. The normalized spacial score (nSPS) is 14.4. The zero-order valence-electron chi connectivity index (χ0n) is 13.0. The molecule has 0 aliphatic rings. The highest BCUT2D eigenvalue weighted by Crippen LogP contribution is 2.16. The summed E-state index contributed by atoms with van der Waals surface area (Å²) in [6.07, 6.45) is 3.72. The summed E-state index contributed by atoms with van der Waals surface area (Å²) < 4.78 is 27.5. The number of aryl methyl sites for hydroxylation is 1. The van der Waals surface area contributed by atoms with Crippen LogP contribution in [0.5, 0.6) is 0 Å². The molecule has 1 aromatic rings. The Morgan fingerprint density at radius 3 is 2.38 bits per heavy atom. The number of hydrogen-bond acceptors (Lipinski definition) is 3. The van der Waals surface area contributed by atoms with Gasteiger partial charge in [0, 0.05) is 6.04 Å². The SMILES string of the molecule is CCCCC[C@H](NS(=O)(=O)c1ccc(C)cc1)[C@@H](C)C#N. The van der Waals surface area contributed by atoms with Gasteiger partial charge in [-0.15, -0.1) is 0 Å². The number of sulfonamides is 1. The first-order chi connectivity index (χ1) is 9.90. The van der Waals surface area contributed by atoms with Crippen molar-refractivity contribution in [3.63, 3.8) is 0 Å². The fraction of sp³-hybridized carbons (Fsp3) is 0.562. The van der Waals surface area contributed by atoms with Crippen LogP contribution in [0.25, 0.3) is 0 Å². The molecule has 4 nitrogen and oxygen atoms in total. The Hall–Kier alpha value is -1.38. The summed E-state index contributed by atoms with van der Waals surface area (Å²) in [6.45, 7) is 5.77. The molecule has 0 saturated heterocycles. The summed E-state index contributed by atoms with van der Waals surface area (Å²) >= 11 is 0. The van der Waals surface area contributed by atoms with Gasteiger partial charge >= 0.3 is 0 Å². The van der Waals surface area contributed by atoms with Crippen molar-refractivity contribution < 1.29 is 8.42 Å². The highest BCUT2D eigenvalue weighted by molar-refractivity contribution is 7.89. The predicted molar refractivity (Wildman–Crippen MR) is 84.2 cm³/mol. The fourth-order valence-electron chi connectivity index (χ4n) is 2.10. The van der Waals surface area contributed by atoms with Crippen LogP contribution in [-0.4, -0.2) is 14.5 Å². The van der Waals surface area contributed by atoms with Gasteiger partial charge in [0.15, 0.2) is 0 Å². The summed E-state index contributed by atoms with van der Waals surface area (Å²) in [7, 11) is -3.57. The first-order valence-corrected chi connectivity index (χ1v) is 8.87. The largest absolute Gasteiger partial charge is 0.240 e. The van der Waals surface area contributed by atoms with Crippen molar-refractivity contribution in [1.29, 1.82) is 5.26 Å². The van der Waals surface area contributed by atoms with Crippen LogP contribution < -0.4 is 4.72 Å². The van der Waals surface area contributed by atoms with Crippen molar-refractivity contribution >= 4 is 10.0 Å². The van der Waals surface area contributed by atoms with Gasteiger partial charge in [-0.3, -0.25) is 0 Å². The summed E-state index contributed by atoms with van der Waals surface area (Å²) in [6, 6.07) is 8.54. The molecule has 0 spiro atoms. The molecule has 0 radical (unpaired) electrons. The van der Waals surface area contributed by atoms with Crippen molar-refractivity contribution in [3.05, 3.63) is 29.8 Å². The van der Waals surface area contributed by atoms with Crippen LogP contribution in [0.3, 0.4) is 0 Å². The lowest BCUT2D eigenvalue weighted by atomic mass is 9.98. The van der Waals surface area contributed by atoms with Gasteiger partial charge in [-0.2, -0.15) is 5.26 Å². The zero-order chi connectivity index (χ0) is 15.9. The Balaban J connectivity index is 2.85. The Bertz CT molecular complexity index is 573. The highest BCUT2D eigenvalue weighted by Gasteiger charge is 2.24. The molecule has 116 valence electrons. The van der Waals surface area contributed by atoms with Gasteiger partial charge in [-0.05, 0) is 32.4 Å². The number of nitriles is 1. The average molecular weight is 308 g/mol. The molecule has 0 bridgehead atoms. The molecule has 0 amide bonds. The third-order valence-electron chi connectivity index (χ3n) is 3.56. The number of rotatable bonds is 8. The first kappa shape index (κ1) is 17.7. The van der Waals surface area contributed by atoms with Crippen LogP contribution in [0.1, 0.15) is 45.1 Å². The number of nitrogens with zero attached hydrogens (tertiary/aromatic N) is 1. The maximum atomic E-state index is 12.4. The monoisotopic (exact) mass is 308 g/mol. The van der Waals surface area contributed by atoms with Gasteiger partial charge in [-0.1, -0.05) is 43.9 Å². The number of benzene rings is 1. The van der Waals surface area contributed by atoms with Crippen molar-refractivity contribution in [1.82, 2.24) is 4.72 Å². The molecule has 0 unspecified atom stereocenters. The van der Waals surface area contributed by atoms with E-state index >= 15 is 0 Å². The van der Waals surface area contributed by atoms with Crippen molar-refractivity contribution in [2.24, 2.45) is 5.92 Å². The summed E-state index contributed by atoms with van der Waals surface area (Å²) in [5.74, 6) is -0.345. The van der Waals surface area contributed by atoms with Crippen molar-refractivity contribution in [2.45, 2.75) is 57.4 Å². The lowest BCUT2D eigenvalue weighted by Crippen LogP contribution is -2.39. The predicted octanol–water partition coefficient (Wildman–Crippen LogP) is 3.38. The Labute approximate surface area is 128 Å². The molecule has 1 N–H and O–H groups in total. The van der Waals surface area contributed by atoms with Crippen molar-refractivity contribution in [3.8, 4) is 6.07 Å². The summed E-state index contributed by atoms with van der Waals surface area (Å²) in [4.78, 5) is 0.249. The van der Waals surface area contributed by atoms with E-state index in [-0.39, 0.29) is 16.9 Å². The molecule has 0 heterocycles. The smallest absolute Gasteiger partial charge is 0.207 e. The van der Waals surface area contributed by atoms with E-state index in [1.807, 2.05) is 6.92 Å². The third kappa shape index (κ3) is 5.49. The molecular weight excluding hydrogens is 284 g/mol. The summed E-state index contributed by atoms with van der Waals surface area (Å²) in [5, 5.41) is 9.08. The average Bonchev–Trinajstić information content (AvgIpc) is 2.46. The summed E-state index contributed by atoms with van der Waals surface area (Å²) in [5.41, 5.74) is 1.01. The van der Waals surface area contributed by atoms with E-state index in [0.717, 1.165) is 24.8 Å². The number of hydrogen-bond donors (Lipinski definition) is 1.